The molecule has 1 N–H and O–H groups in total. The van der Waals surface area contributed by atoms with Crippen LogP contribution < -0.4 is 5.32 Å². The summed E-state index contributed by atoms with van der Waals surface area (Å²) in [6.07, 6.45) is 10.1. The minimum atomic E-state index is 0.713. The maximum atomic E-state index is 4.35. The molecule has 0 saturated heterocycles. The second kappa shape index (κ2) is 6.75. The number of nitrogens with one attached hydrogen (secondary N) is 1. The summed E-state index contributed by atoms with van der Waals surface area (Å²) in [5.41, 5.74) is 1.16. The summed E-state index contributed by atoms with van der Waals surface area (Å²) in [7, 11) is 0. The summed E-state index contributed by atoms with van der Waals surface area (Å²) in [6.45, 7) is 3.22. The molecule has 0 aromatic carbocycles. The number of aromatic nitrogens is 1. The van der Waals surface area contributed by atoms with Gasteiger partial charge >= 0.3 is 0 Å². The van der Waals surface area contributed by atoms with Crippen molar-refractivity contribution in [1.82, 2.24) is 10.3 Å². The Morgan fingerprint density at radius 3 is 2.71 bits per heavy atom. The molecule has 0 aliphatic heterocycles. The molecule has 1 aliphatic rings. The summed E-state index contributed by atoms with van der Waals surface area (Å²) in [6, 6.07) is 6.84. The van der Waals surface area contributed by atoms with Gasteiger partial charge in [-0.3, -0.25) is 4.98 Å². The van der Waals surface area contributed by atoms with Gasteiger partial charge in [0.25, 0.3) is 0 Å². The fraction of sp³-hybridized carbons (Fsp3) is 0.667. The lowest BCUT2D eigenvalue weighted by Gasteiger charge is -2.29. The van der Waals surface area contributed by atoms with Crippen LogP contribution in [0.3, 0.4) is 0 Å². The van der Waals surface area contributed by atoms with E-state index >= 15 is 0 Å². The van der Waals surface area contributed by atoms with Crippen LogP contribution >= 0.6 is 0 Å². The highest BCUT2D eigenvalue weighted by molar-refractivity contribution is 5.03. The van der Waals surface area contributed by atoms with Crippen molar-refractivity contribution in [3.63, 3.8) is 0 Å². The fourth-order valence-corrected chi connectivity index (χ4v) is 2.82. The third-order valence-electron chi connectivity index (χ3n) is 3.84. The average Bonchev–Trinajstić information content (AvgIpc) is 2.40. The molecule has 0 bridgehead atoms. The Morgan fingerprint density at radius 1 is 1.24 bits per heavy atom. The van der Waals surface area contributed by atoms with E-state index in [2.05, 4.69) is 29.4 Å². The predicted molar refractivity (Wildman–Crippen MR) is 71.7 cm³/mol. The van der Waals surface area contributed by atoms with E-state index in [1.807, 2.05) is 12.3 Å². The molecule has 1 aromatic rings. The van der Waals surface area contributed by atoms with Gasteiger partial charge in [0.2, 0.25) is 0 Å². The molecule has 1 aliphatic carbocycles. The van der Waals surface area contributed by atoms with E-state index in [1.165, 1.54) is 38.5 Å². The highest BCUT2D eigenvalue weighted by Gasteiger charge is 2.19. The van der Waals surface area contributed by atoms with Crippen molar-refractivity contribution >= 4 is 0 Å². The molecular weight excluding hydrogens is 208 g/mol. The van der Waals surface area contributed by atoms with Crippen molar-refractivity contribution in [3.05, 3.63) is 30.1 Å². The Kier molecular flexibility index (Phi) is 4.99. The molecule has 1 aromatic heterocycles. The minimum absolute atomic E-state index is 0.713. The van der Waals surface area contributed by atoms with Gasteiger partial charge in [0.05, 0.1) is 5.69 Å². The van der Waals surface area contributed by atoms with Crippen LogP contribution in [0, 0.1) is 5.92 Å². The van der Waals surface area contributed by atoms with Crippen LogP contribution in [-0.4, -0.2) is 11.0 Å². The van der Waals surface area contributed by atoms with Crippen molar-refractivity contribution < 1.29 is 0 Å². The Morgan fingerprint density at radius 2 is 2.06 bits per heavy atom. The molecule has 0 amide bonds. The maximum Gasteiger partial charge on any atom is 0.0541 e. The zero-order valence-corrected chi connectivity index (χ0v) is 10.9. The lowest BCUT2D eigenvalue weighted by molar-refractivity contribution is 0.277. The quantitative estimate of drug-likeness (QED) is 0.840. The SMILES string of the molecule is CCCC1CCC(NCc2ccccn2)CC1. The molecule has 0 spiro atoms. The number of hydrogen-bond donors (Lipinski definition) is 1. The third-order valence-corrected chi connectivity index (χ3v) is 3.84. The van der Waals surface area contributed by atoms with Crippen molar-refractivity contribution in [2.75, 3.05) is 0 Å². The highest BCUT2D eigenvalue weighted by atomic mass is 14.9. The molecule has 1 heterocycles. The molecule has 0 atom stereocenters. The van der Waals surface area contributed by atoms with E-state index < -0.39 is 0 Å². The van der Waals surface area contributed by atoms with E-state index in [4.69, 9.17) is 0 Å². The van der Waals surface area contributed by atoms with Gasteiger partial charge in [-0.05, 0) is 43.7 Å². The molecule has 17 heavy (non-hydrogen) atoms. The second-order valence-corrected chi connectivity index (χ2v) is 5.21. The number of hydrogen-bond acceptors (Lipinski definition) is 2. The lowest BCUT2D eigenvalue weighted by Crippen LogP contribution is -2.32. The molecule has 2 rings (SSSR count). The lowest BCUT2D eigenvalue weighted by atomic mass is 9.83. The Hall–Kier alpha value is -0.890. The molecule has 2 heteroatoms. The van der Waals surface area contributed by atoms with Crippen LogP contribution in [0.5, 0.6) is 0 Å². The first-order chi connectivity index (χ1) is 8.38. The number of rotatable bonds is 5. The maximum absolute atomic E-state index is 4.35. The van der Waals surface area contributed by atoms with E-state index in [0.717, 1.165) is 18.2 Å². The van der Waals surface area contributed by atoms with Crippen LogP contribution in [-0.2, 0) is 6.54 Å². The number of pyridine rings is 1. The van der Waals surface area contributed by atoms with Gasteiger partial charge < -0.3 is 5.32 Å². The predicted octanol–water partition coefficient (Wildman–Crippen LogP) is 3.53. The van der Waals surface area contributed by atoms with Crippen LogP contribution in [0.4, 0.5) is 0 Å². The first-order valence-electron chi connectivity index (χ1n) is 7.01. The van der Waals surface area contributed by atoms with Gasteiger partial charge in [0, 0.05) is 18.8 Å². The molecule has 0 unspecified atom stereocenters. The van der Waals surface area contributed by atoms with Crippen LogP contribution in [0.1, 0.15) is 51.1 Å². The molecule has 94 valence electrons. The second-order valence-electron chi connectivity index (χ2n) is 5.21. The Balaban J connectivity index is 1.68. The normalized spacial score (nSPS) is 24.8. The minimum Gasteiger partial charge on any atom is -0.308 e. The summed E-state index contributed by atoms with van der Waals surface area (Å²) >= 11 is 0. The van der Waals surface area contributed by atoms with E-state index in [0.29, 0.717) is 6.04 Å². The molecule has 1 saturated carbocycles. The molecule has 2 nitrogen and oxygen atoms in total. The van der Waals surface area contributed by atoms with Crippen molar-refractivity contribution in [2.24, 2.45) is 5.92 Å². The van der Waals surface area contributed by atoms with E-state index in [1.54, 1.807) is 0 Å². The van der Waals surface area contributed by atoms with E-state index in [9.17, 15) is 0 Å². The largest absolute Gasteiger partial charge is 0.308 e. The standard InChI is InChI=1S/C15H24N2/c1-2-5-13-7-9-14(10-8-13)17-12-15-6-3-4-11-16-15/h3-4,6,11,13-14,17H,2,5,7-10,12H2,1H3. The zero-order valence-electron chi connectivity index (χ0n) is 10.9. The first kappa shape index (κ1) is 12.6. The van der Waals surface area contributed by atoms with Gasteiger partial charge in [-0.15, -0.1) is 0 Å². The summed E-state index contributed by atoms with van der Waals surface area (Å²) < 4.78 is 0. The monoisotopic (exact) mass is 232 g/mol. The molecule has 0 radical (unpaired) electrons. The Bertz CT molecular complexity index is 302. The third kappa shape index (κ3) is 4.12. The van der Waals surface area contributed by atoms with Gasteiger partial charge in [-0.1, -0.05) is 25.8 Å². The first-order valence-corrected chi connectivity index (χ1v) is 7.01. The molecule has 1 fully saturated rings. The van der Waals surface area contributed by atoms with Crippen LogP contribution in [0.2, 0.25) is 0 Å². The zero-order chi connectivity index (χ0) is 11.9. The van der Waals surface area contributed by atoms with Crippen molar-refractivity contribution in [3.8, 4) is 0 Å². The molecular formula is C15H24N2. The van der Waals surface area contributed by atoms with Gasteiger partial charge in [0.15, 0.2) is 0 Å². The van der Waals surface area contributed by atoms with Gasteiger partial charge in [-0.2, -0.15) is 0 Å². The summed E-state index contributed by atoms with van der Waals surface area (Å²) in [5, 5.41) is 3.64. The fourth-order valence-electron chi connectivity index (χ4n) is 2.82. The van der Waals surface area contributed by atoms with Crippen LogP contribution in [0.25, 0.3) is 0 Å². The summed E-state index contributed by atoms with van der Waals surface area (Å²) in [4.78, 5) is 4.35. The van der Waals surface area contributed by atoms with Crippen LogP contribution in [0.15, 0.2) is 24.4 Å². The smallest absolute Gasteiger partial charge is 0.0541 e. The van der Waals surface area contributed by atoms with E-state index in [-0.39, 0.29) is 0 Å². The number of nitrogens with zero attached hydrogens (tertiary/aromatic N) is 1. The topological polar surface area (TPSA) is 24.9 Å². The van der Waals surface area contributed by atoms with Gasteiger partial charge in [0.1, 0.15) is 0 Å². The summed E-state index contributed by atoms with van der Waals surface area (Å²) in [5.74, 6) is 0.993. The van der Waals surface area contributed by atoms with Gasteiger partial charge in [-0.25, -0.2) is 0 Å². The van der Waals surface area contributed by atoms with Crippen molar-refractivity contribution in [1.29, 1.82) is 0 Å². The average molecular weight is 232 g/mol. The van der Waals surface area contributed by atoms with Crippen molar-refractivity contribution in [2.45, 2.75) is 58.0 Å². The highest BCUT2D eigenvalue weighted by Crippen LogP contribution is 2.27. The Labute approximate surface area is 105 Å².